The lowest BCUT2D eigenvalue weighted by atomic mass is 9.82. The van der Waals surface area contributed by atoms with Gasteiger partial charge in [0.15, 0.2) is 11.5 Å². The summed E-state index contributed by atoms with van der Waals surface area (Å²) in [6.07, 6.45) is -5.87. The van der Waals surface area contributed by atoms with E-state index in [-0.39, 0.29) is 42.1 Å². The fourth-order valence-corrected chi connectivity index (χ4v) is 4.09. The lowest BCUT2D eigenvalue weighted by Gasteiger charge is -2.42. The molecular formula is C23H22F5NO6. The van der Waals surface area contributed by atoms with Crippen LogP contribution in [0.5, 0.6) is 11.5 Å². The molecule has 35 heavy (non-hydrogen) atoms. The number of methoxy groups -OCH3 is 1. The van der Waals surface area contributed by atoms with E-state index in [0.29, 0.717) is 6.07 Å². The van der Waals surface area contributed by atoms with Crippen LogP contribution in [0.25, 0.3) is 0 Å². The standard InChI is InChI=1S/C23H22F5NO6/c1-31-19-8-14(2-3-18(19)32-6-7-34-23(26,27)28)21(30)29-5-4-22(20(12-29)33-13-35-22)15-9-16(24)11-17(25)10-15/h2-3,8-11,20H,4-7,12-13H2,1H3/t20?,22-/m1/s1/i13D2. The third kappa shape index (κ3) is 5.49. The first-order valence-electron chi connectivity index (χ1n) is 11.5. The minimum absolute atomic E-state index is 0.0106. The molecule has 2 saturated heterocycles. The molecule has 2 atom stereocenters. The molecule has 1 unspecified atom stereocenters. The summed E-state index contributed by atoms with van der Waals surface area (Å²) in [5, 5.41) is 0. The number of likely N-dealkylation sites (tertiary alicyclic amines) is 1. The first kappa shape index (κ1) is 22.5. The molecule has 0 N–H and O–H groups in total. The Morgan fingerprint density at radius 1 is 1.17 bits per heavy atom. The van der Waals surface area contributed by atoms with Crippen LogP contribution >= 0.6 is 0 Å². The average Bonchev–Trinajstić information content (AvgIpc) is 3.10. The van der Waals surface area contributed by atoms with E-state index in [1.165, 1.54) is 30.2 Å². The van der Waals surface area contributed by atoms with Crippen LogP contribution in [-0.2, 0) is 19.8 Å². The quantitative estimate of drug-likeness (QED) is 0.419. The van der Waals surface area contributed by atoms with Gasteiger partial charge in [-0.1, -0.05) is 0 Å². The number of piperidine rings is 1. The van der Waals surface area contributed by atoms with E-state index >= 15 is 0 Å². The summed E-state index contributed by atoms with van der Waals surface area (Å²) >= 11 is 0. The molecule has 0 aliphatic carbocycles. The maximum Gasteiger partial charge on any atom is 0.522 e. The van der Waals surface area contributed by atoms with E-state index in [4.69, 9.17) is 21.7 Å². The summed E-state index contributed by atoms with van der Waals surface area (Å²) in [5.41, 5.74) is -1.31. The summed E-state index contributed by atoms with van der Waals surface area (Å²) < 4.78 is 105. The number of amides is 1. The Hall–Kier alpha value is -2.96. The van der Waals surface area contributed by atoms with Crippen molar-refractivity contribution in [3.05, 3.63) is 59.2 Å². The van der Waals surface area contributed by atoms with E-state index in [9.17, 15) is 26.7 Å². The molecule has 2 fully saturated rings. The zero-order chi connectivity index (χ0) is 27.0. The van der Waals surface area contributed by atoms with Crippen LogP contribution in [0.4, 0.5) is 22.0 Å². The third-order valence-electron chi connectivity index (χ3n) is 5.73. The molecule has 2 heterocycles. The van der Waals surface area contributed by atoms with Gasteiger partial charge in [-0.15, -0.1) is 13.2 Å². The normalized spacial score (nSPS) is 24.4. The topological polar surface area (TPSA) is 66.5 Å². The van der Waals surface area contributed by atoms with Crippen molar-refractivity contribution in [1.82, 2.24) is 4.90 Å². The first-order valence-corrected chi connectivity index (χ1v) is 10.5. The molecule has 2 aliphatic rings. The minimum atomic E-state index is -4.79. The SMILES string of the molecule is [2H]C1([2H])OC2CN(C(=O)c3ccc(OCCOC(F)(F)F)c(OC)c3)CC[C@]2(c2cc(F)cc(F)c2)O1. The maximum absolute atomic E-state index is 13.9. The Kier molecular flexibility index (Phi) is 6.40. The van der Waals surface area contributed by atoms with Crippen LogP contribution in [0.1, 0.15) is 25.1 Å². The monoisotopic (exact) mass is 505 g/mol. The van der Waals surface area contributed by atoms with Gasteiger partial charge in [0.05, 0.1) is 23.0 Å². The molecule has 0 aromatic heterocycles. The van der Waals surface area contributed by atoms with Crippen molar-refractivity contribution in [2.75, 3.05) is 40.2 Å². The van der Waals surface area contributed by atoms with Crippen LogP contribution in [0.2, 0.25) is 0 Å². The summed E-state index contributed by atoms with van der Waals surface area (Å²) in [6.45, 7) is -3.81. The van der Waals surface area contributed by atoms with Gasteiger partial charge < -0.3 is 23.8 Å². The molecule has 2 aliphatic heterocycles. The first-order chi connectivity index (χ1) is 17.3. The number of carbonyl (C=O) groups excluding carboxylic acids is 1. The lowest BCUT2D eigenvalue weighted by molar-refractivity contribution is -0.325. The van der Waals surface area contributed by atoms with Gasteiger partial charge in [0.1, 0.15) is 36.7 Å². The van der Waals surface area contributed by atoms with Crippen molar-refractivity contribution in [1.29, 1.82) is 0 Å². The van der Waals surface area contributed by atoms with Crippen LogP contribution < -0.4 is 9.47 Å². The molecule has 2 aromatic carbocycles. The van der Waals surface area contributed by atoms with Gasteiger partial charge in [-0.3, -0.25) is 9.53 Å². The molecule has 0 spiro atoms. The highest BCUT2D eigenvalue weighted by atomic mass is 19.4. The van der Waals surface area contributed by atoms with Crippen LogP contribution in [0, 0.1) is 11.6 Å². The van der Waals surface area contributed by atoms with Crippen molar-refractivity contribution in [2.45, 2.75) is 24.5 Å². The van der Waals surface area contributed by atoms with Gasteiger partial charge in [0.2, 0.25) is 0 Å². The van der Waals surface area contributed by atoms with Crippen molar-refractivity contribution in [2.24, 2.45) is 0 Å². The summed E-state index contributed by atoms with van der Waals surface area (Å²) in [5.74, 6) is -2.03. The fourth-order valence-electron chi connectivity index (χ4n) is 4.09. The number of nitrogens with zero attached hydrogens (tertiary/aromatic N) is 1. The fraction of sp³-hybridized carbons (Fsp3) is 0.435. The van der Waals surface area contributed by atoms with Gasteiger partial charge in [-0.05, 0) is 35.9 Å². The van der Waals surface area contributed by atoms with Crippen LogP contribution in [0.3, 0.4) is 0 Å². The smallest absolute Gasteiger partial charge is 0.493 e. The second-order valence-corrected chi connectivity index (χ2v) is 7.85. The molecule has 7 nitrogen and oxygen atoms in total. The molecule has 4 rings (SSSR count). The molecular weight excluding hydrogens is 481 g/mol. The van der Waals surface area contributed by atoms with Crippen molar-refractivity contribution in [3.8, 4) is 11.5 Å². The number of alkyl halides is 3. The molecule has 2 aromatic rings. The minimum Gasteiger partial charge on any atom is -0.493 e. The number of hydrogen-bond donors (Lipinski definition) is 0. The number of rotatable bonds is 7. The van der Waals surface area contributed by atoms with E-state index in [0.717, 1.165) is 12.1 Å². The second-order valence-electron chi connectivity index (χ2n) is 7.85. The largest absolute Gasteiger partial charge is 0.522 e. The van der Waals surface area contributed by atoms with Gasteiger partial charge in [0.25, 0.3) is 5.91 Å². The Morgan fingerprint density at radius 2 is 1.91 bits per heavy atom. The number of ether oxygens (including phenoxy) is 5. The highest BCUT2D eigenvalue weighted by Gasteiger charge is 2.51. The summed E-state index contributed by atoms with van der Waals surface area (Å²) in [4.78, 5) is 14.6. The van der Waals surface area contributed by atoms with E-state index in [2.05, 4.69) is 4.74 Å². The number of hydrogen-bond acceptors (Lipinski definition) is 6. The second kappa shape index (κ2) is 9.96. The van der Waals surface area contributed by atoms with E-state index in [1.807, 2.05) is 0 Å². The summed E-state index contributed by atoms with van der Waals surface area (Å²) in [7, 11) is 1.29. The molecule has 0 bridgehead atoms. The van der Waals surface area contributed by atoms with Crippen LogP contribution in [0.15, 0.2) is 36.4 Å². The molecule has 12 heteroatoms. The maximum atomic E-state index is 13.9. The zero-order valence-corrected chi connectivity index (χ0v) is 18.4. The average molecular weight is 505 g/mol. The molecule has 0 saturated carbocycles. The lowest BCUT2D eigenvalue weighted by Crippen LogP contribution is -2.53. The molecule has 190 valence electrons. The summed E-state index contributed by atoms with van der Waals surface area (Å²) in [6, 6.07) is 6.86. The molecule has 0 radical (unpaired) electrons. The van der Waals surface area contributed by atoms with Crippen molar-refractivity contribution < 1.29 is 53.2 Å². The zero-order valence-electron chi connectivity index (χ0n) is 20.4. The van der Waals surface area contributed by atoms with Gasteiger partial charge >= 0.3 is 6.36 Å². The predicted molar refractivity (Wildman–Crippen MR) is 110 cm³/mol. The number of fused-ring (bicyclic) bond motifs is 1. The Bertz CT molecular complexity index is 1150. The molecule has 1 amide bonds. The number of benzene rings is 2. The van der Waals surface area contributed by atoms with E-state index < -0.39 is 55.6 Å². The van der Waals surface area contributed by atoms with Gasteiger partial charge in [-0.2, -0.15) is 0 Å². The Labute approximate surface area is 200 Å². The van der Waals surface area contributed by atoms with Crippen molar-refractivity contribution in [3.63, 3.8) is 0 Å². The van der Waals surface area contributed by atoms with Crippen LogP contribution in [-0.4, -0.2) is 63.4 Å². The predicted octanol–water partition coefficient (Wildman–Crippen LogP) is 4.00. The number of carbonyl (C=O) groups is 1. The van der Waals surface area contributed by atoms with Gasteiger partial charge in [0, 0.05) is 24.6 Å². The number of halogens is 5. The van der Waals surface area contributed by atoms with Gasteiger partial charge in [-0.25, -0.2) is 8.78 Å². The van der Waals surface area contributed by atoms with Crippen molar-refractivity contribution >= 4 is 5.91 Å². The highest BCUT2D eigenvalue weighted by molar-refractivity contribution is 5.95. The Morgan fingerprint density at radius 3 is 2.60 bits per heavy atom. The Balaban J connectivity index is 1.50. The highest BCUT2D eigenvalue weighted by Crippen LogP contribution is 2.43. The third-order valence-corrected chi connectivity index (χ3v) is 5.73. The van der Waals surface area contributed by atoms with E-state index in [1.54, 1.807) is 0 Å².